The van der Waals surface area contributed by atoms with Crippen LogP contribution in [0.3, 0.4) is 0 Å². The molecule has 3 heterocycles. The minimum Gasteiger partial charge on any atom is -0.339 e. The Morgan fingerprint density at radius 1 is 1.19 bits per heavy atom. The highest BCUT2D eigenvalue weighted by atomic mass is 19.1. The van der Waals surface area contributed by atoms with Crippen molar-refractivity contribution in [3.63, 3.8) is 0 Å². The minimum atomic E-state index is -0.253. The van der Waals surface area contributed by atoms with Crippen LogP contribution in [0.15, 0.2) is 59.7 Å². The molecule has 0 spiro atoms. The zero-order chi connectivity index (χ0) is 18.8. The maximum absolute atomic E-state index is 13.6. The van der Waals surface area contributed by atoms with E-state index in [0.29, 0.717) is 24.7 Å². The first kappa shape index (κ1) is 17.4. The summed E-state index contributed by atoms with van der Waals surface area (Å²) in [6, 6.07) is 11.8. The Morgan fingerprint density at radius 3 is 2.78 bits per heavy atom. The van der Waals surface area contributed by atoms with Gasteiger partial charge in [0.05, 0.1) is 11.7 Å². The summed E-state index contributed by atoms with van der Waals surface area (Å²) in [6.45, 7) is 2.03. The zero-order valence-electron chi connectivity index (χ0n) is 15.0. The lowest BCUT2D eigenvalue weighted by Crippen LogP contribution is -2.47. The molecule has 1 aliphatic heterocycles. The fourth-order valence-electron chi connectivity index (χ4n) is 3.36. The van der Waals surface area contributed by atoms with Gasteiger partial charge in [-0.15, -0.1) is 0 Å². The Bertz CT molecular complexity index is 1000. The molecule has 1 aliphatic rings. The molecule has 6 nitrogen and oxygen atoms in total. The topological polar surface area (TPSA) is 63.1 Å². The standard InChI is InChI=1S/C20H20FN5O/c1-25-19(27)12-17(14-5-7-22-8-6-14)24-20(25)26-10-9-23-18(13-26)15-3-2-4-16(21)11-15/h2-8,11-12,18,23H,9-10,13H2,1H3. The maximum atomic E-state index is 13.6. The molecule has 3 aromatic rings. The number of hydrogen-bond acceptors (Lipinski definition) is 5. The van der Waals surface area contributed by atoms with Crippen molar-refractivity contribution in [1.82, 2.24) is 19.9 Å². The first-order valence-electron chi connectivity index (χ1n) is 8.84. The van der Waals surface area contributed by atoms with Crippen LogP contribution >= 0.6 is 0 Å². The number of piperazine rings is 1. The van der Waals surface area contributed by atoms with Crippen LogP contribution in [0.1, 0.15) is 11.6 Å². The normalized spacial score (nSPS) is 17.1. The quantitative estimate of drug-likeness (QED) is 0.770. The first-order valence-corrected chi connectivity index (χ1v) is 8.84. The first-order chi connectivity index (χ1) is 13.1. The molecule has 1 fully saturated rings. The van der Waals surface area contributed by atoms with Gasteiger partial charge in [-0.2, -0.15) is 0 Å². The molecule has 0 bridgehead atoms. The maximum Gasteiger partial charge on any atom is 0.255 e. The van der Waals surface area contributed by atoms with Gasteiger partial charge in [0.2, 0.25) is 5.95 Å². The van der Waals surface area contributed by atoms with E-state index in [1.54, 1.807) is 36.1 Å². The number of benzene rings is 1. The van der Waals surface area contributed by atoms with E-state index in [1.165, 1.54) is 12.1 Å². The van der Waals surface area contributed by atoms with Crippen molar-refractivity contribution in [3.05, 3.63) is 76.6 Å². The summed E-state index contributed by atoms with van der Waals surface area (Å²) in [5, 5.41) is 3.41. The molecule has 27 heavy (non-hydrogen) atoms. The van der Waals surface area contributed by atoms with Gasteiger partial charge < -0.3 is 10.2 Å². The molecule has 1 N–H and O–H groups in total. The summed E-state index contributed by atoms with van der Waals surface area (Å²) in [5.74, 6) is 0.355. The summed E-state index contributed by atoms with van der Waals surface area (Å²) in [7, 11) is 1.72. The van der Waals surface area contributed by atoms with E-state index in [9.17, 15) is 9.18 Å². The second-order valence-electron chi connectivity index (χ2n) is 6.58. The smallest absolute Gasteiger partial charge is 0.255 e. The van der Waals surface area contributed by atoms with Gasteiger partial charge in [0.15, 0.2) is 0 Å². The lowest BCUT2D eigenvalue weighted by Gasteiger charge is -2.35. The van der Waals surface area contributed by atoms with Crippen LogP contribution in [0.4, 0.5) is 10.3 Å². The molecule has 1 unspecified atom stereocenters. The third-order valence-electron chi connectivity index (χ3n) is 4.80. The summed E-state index contributed by atoms with van der Waals surface area (Å²) >= 11 is 0. The molecule has 2 aromatic heterocycles. The van der Waals surface area contributed by atoms with Gasteiger partial charge in [-0.25, -0.2) is 9.37 Å². The third kappa shape index (κ3) is 3.59. The molecule has 1 aromatic carbocycles. The van der Waals surface area contributed by atoms with Gasteiger partial charge in [0, 0.05) is 50.7 Å². The van der Waals surface area contributed by atoms with Crippen molar-refractivity contribution in [2.24, 2.45) is 7.05 Å². The summed E-state index contributed by atoms with van der Waals surface area (Å²) in [6.07, 6.45) is 3.36. The van der Waals surface area contributed by atoms with E-state index < -0.39 is 0 Å². The molecule has 1 saturated heterocycles. The average molecular weight is 365 g/mol. The van der Waals surface area contributed by atoms with Crippen molar-refractivity contribution in [2.75, 3.05) is 24.5 Å². The Hall–Kier alpha value is -3.06. The van der Waals surface area contributed by atoms with Crippen LogP contribution < -0.4 is 15.8 Å². The highest BCUT2D eigenvalue weighted by Gasteiger charge is 2.24. The van der Waals surface area contributed by atoms with Crippen molar-refractivity contribution >= 4 is 5.95 Å². The number of pyridine rings is 1. The van der Waals surface area contributed by atoms with E-state index in [2.05, 4.69) is 15.2 Å². The number of hydrogen-bond donors (Lipinski definition) is 1. The number of anilines is 1. The lowest BCUT2D eigenvalue weighted by atomic mass is 10.0. The van der Waals surface area contributed by atoms with Gasteiger partial charge in [-0.3, -0.25) is 14.3 Å². The van der Waals surface area contributed by atoms with Crippen molar-refractivity contribution in [3.8, 4) is 11.3 Å². The zero-order valence-corrected chi connectivity index (χ0v) is 15.0. The summed E-state index contributed by atoms with van der Waals surface area (Å²) in [4.78, 5) is 23.3. The number of rotatable bonds is 3. The second kappa shape index (κ2) is 7.28. The molecular weight excluding hydrogens is 345 g/mol. The second-order valence-corrected chi connectivity index (χ2v) is 6.58. The summed E-state index contributed by atoms with van der Waals surface area (Å²) in [5.41, 5.74) is 2.24. The van der Waals surface area contributed by atoms with Crippen molar-refractivity contribution in [1.29, 1.82) is 0 Å². The Labute approximate surface area is 156 Å². The average Bonchev–Trinajstić information content (AvgIpc) is 2.71. The van der Waals surface area contributed by atoms with E-state index >= 15 is 0 Å². The predicted octanol–water partition coefficient (Wildman–Crippen LogP) is 2.13. The van der Waals surface area contributed by atoms with Crippen LogP contribution in [0, 0.1) is 5.82 Å². The molecule has 7 heteroatoms. The lowest BCUT2D eigenvalue weighted by molar-refractivity contribution is 0.460. The van der Waals surface area contributed by atoms with Crippen LogP contribution in [0.2, 0.25) is 0 Å². The third-order valence-corrected chi connectivity index (χ3v) is 4.80. The van der Waals surface area contributed by atoms with Gasteiger partial charge in [0.1, 0.15) is 5.82 Å². The number of halogens is 1. The molecular formula is C20H20FN5O. The molecule has 0 radical (unpaired) electrons. The van der Waals surface area contributed by atoms with Gasteiger partial charge in [0.25, 0.3) is 5.56 Å². The van der Waals surface area contributed by atoms with Gasteiger partial charge >= 0.3 is 0 Å². The number of aromatic nitrogens is 3. The van der Waals surface area contributed by atoms with E-state index in [1.807, 2.05) is 18.2 Å². The van der Waals surface area contributed by atoms with Crippen LogP contribution in [0.25, 0.3) is 11.3 Å². The van der Waals surface area contributed by atoms with E-state index in [-0.39, 0.29) is 17.4 Å². The molecule has 0 aliphatic carbocycles. The van der Waals surface area contributed by atoms with E-state index in [4.69, 9.17) is 4.98 Å². The molecule has 138 valence electrons. The Morgan fingerprint density at radius 2 is 2.00 bits per heavy atom. The fourth-order valence-corrected chi connectivity index (χ4v) is 3.36. The predicted molar refractivity (Wildman–Crippen MR) is 102 cm³/mol. The molecule has 0 amide bonds. The van der Waals surface area contributed by atoms with Crippen LogP contribution in [-0.2, 0) is 7.05 Å². The molecule has 0 saturated carbocycles. The molecule has 4 rings (SSSR count). The van der Waals surface area contributed by atoms with Crippen molar-refractivity contribution in [2.45, 2.75) is 6.04 Å². The minimum absolute atomic E-state index is 0.0315. The summed E-state index contributed by atoms with van der Waals surface area (Å²) < 4.78 is 15.1. The van der Waals surface area contributed by atoms with Gasteiger partial charge in [-0.1, -0.05) is 12.1 Å². The van der Waals surface area contributed by atoms with Crippen LogP contribution in [-0.4, -0.2) is 34.2 Å². The molecule has 1 atom stereocenters. The highest BCUT2D eigenvalue weighted by Crippen LogP contribution is 2.23. The highest BCUT2D eigenvalue weighted by molar-refractivity contribution is 5.59. The number of nitrogens with zero attached hydrogens (tertiary/aromatic N) is 4. The SMILES string of the molecule is Cn1c(N2CCNC(c3cccc(F)c3)C2)nc(-c2ccncc2)cc1=O. The fraction of sp³-hybridized carbons (Fsp3) is 0.250. The van der Waals surface area contributed by atoms with E-state index in [0.717, 1.165) is 17.7 Å². The van der Waals surface area contributed by atoms with Gasteiger partial charge in [-0.05, 0) is 29.8 Å². The van der Waals surface area contributed by atoms with Crippen LogP contribution in [0.5, 0.6) is 0 Å². The monoisotopic (exact) mass is 365 g/mol. The van der Waals surface area contributed by atoms with Crippen molar-refractivity contribution < 1.29 is 4.39 Å². The Kier molecular flexibility index (Phi) is 4.68. The number of nitrogens with one attached hydrogen (secondary N) is 1. The largest absolute Gasteiger partial charge is 0.339 e. The Balaban J connectivity index is 1.68.